The normalized spacial score (nSPS) is 22.6. The summed E-state index contributed by atoms with van der Waals surface area (Å²) in [5, 5.41) is 11.2. The number of ketones is 1. The van der Waals surface area contributed by atoms with Crippen molar-refractivity contribution in [3.63, 3.8) is 0 Å². The molecule has 1 aliphatic heterocycles. The van der Waals surface area contributed by atoms with Gasteiger partial charge >= 0.3 is 0 Å². The Kier molecular flexibility index (Phi) is 4.24. The van der Waals surface area contributed by atoms with Gasteiger partial charge in [-0.2, -0.15) is 0 Å². The van der Waals surface area contributed by atoms with Crippen LogP contribution in [0.15, 0.2) is 72.6 Å². The van der Waals surface area contributed by atoms with Gasteiger partial charge in [-0.1, -0.05) is 25.3 Å². The molecular weight excluding hydrogens is 344 g/mol. The first kappa shape index (κ1) is 17.4. The van der Waals surface area contributed by atoms with E-state index in [1.807, 2.05) is 12.1 Å². The second kappa shape index (κ2) is 6.59. The highest BCUT2D eigenvalue weighted by Crippen LogP contribution is 2.52. The van der Waals surface area contributed by atoms with Gasteiger partial charge in [0.25, 0.3) is 0 Å². The van der Waals surface area contributed by atoms with Crippen molar-refractivity contribution in [3.05, 3.63) is 78.1 Å². The quantitative estimate of drug-likeness (QED) is 0.786. The average molecular weight is 364 g/mol. The second-order valence-corrected chi connectivity index (χ2v) is 6.69. The van der Waals surface area contributed by atoms with Crippen LogP contribution in [0.2, 0.25) is 0 Å². The topological polar surface area (TPSA) is 65.0 Å². The highest BCUT2D eigenvalue weighted by atomic mass is 16.5. The fourth-order valence-electron chi connectivity index (χ4n) is 3.69. The Balaban J connectivity index is 1.80. The molecule has 1 atom stereocenters. The molecule has 0 bridgehead atoms. The van der Waals surface area contributed by atoms with Crippen LogP contribution in [0.4, 0.5) is 0 Å². The van der Waals surface area contributed by atoms with E-state index in [0.29, 0.717) is 24.5 Å². The number of carbonyl (C=O) groups is 1. The van der Waals surface area contributed by atoms with Gasteiger partial charge in [0.1, 0.15) is 36.9 Å². The first-order valence-corrected chi connectivity index (χ1v) is 8.74. The molecule has 5 nitrogen and oxygen atoms in total. The zero-order valence-corrected chi connectivity index (χ0v) is 14.9. The molecule has 0 amide bonds. The minimum absolute atomic E-state index is 0.117. The number of carbonyl (C=O) groups excluding carboxylic acids is 1. The monoisotopic (exact) mass is 364 g/mol. The van der Waals surface area contributed by atoms with E-state index >= 15 is 0 Å². The number of benzene rings is 1. The molecule has 0 fully saturated rings. The number of ether oxygens (including phenoxy) is 3. The van der Waals surface area contributed by atoms with Crippen molar-refractivity contribution in [1.29, 1.82) is 0 Å². The van der Waals surface area contributed by atoms with Crippen molar-refractivity contribution in [2.45, 2.75) is 12.0 Å². The van der Waals surface area contributed by atoms with Crippen LogP contribution in [0, 0.1) is 0 Å². The summed E-state index contributed by atoms with van der Waals surface area (Å²) in [6.07, 6.45) is 6.85. The van der Waals surface area contributed by atoms with Gasteiger partial charge in [0.15, 0.2) is 5.76 Å². The summed E-state index contributed by atoms with van der Waals surface area (Å²) in [5.41, 5.74) is 2.01. The predicted molar refractivity (Wildman–Crippen MR) is 101 cm³/mol. The number of fused-ring (bicyclic) bond motifs is 4. The third-order valence-electron chi connectivity index (χ3n) is 4.80. The van der Waals surface area contributed by atoms with Crippen molar-refractivity contribution >= 4 is 11.4 Å². The molecule has 1 heterocycles. The van der Waals surface area contributed by atoms with Crippen molar-refractivity contribution < 1.29 is 24.1 Å². The molecule has 1 unspecified atom stereocenters. The maximum Gasteiger partial charge on any atom is 0.220 e. The molecule has 1 N–H and O–H groups in total. The third-order valence-corrected chi connectivity index (χ3v) is 4.80. The number of rotatable bonds is 6. The molecule has 1 aromatic carbocycles. The molecule has 3 aliphatic rings. The van der Waals surface area contributed by atoms with Crippen LogP contribution >= 0.6 is 0 Å². The molecule has 0 aromatic heterocycles. The standard InChI is InChI=1S/C22H20O5/c1-3-7-25-15-5-6-16-19(10-15)27-13-22(24)12-14-9-18(23)20(26-8-4-2)11-17(14)21(16)22/h3-6,9-11,24H,1-2,7-8,12-13H2. The van der Waals surface area contributed by atoms with Gasteiger partial charge < -0.3 is 19.3 Å². The zero-order chi connectivity index (χ0) is 19.0. The van der Waals surface area contributed by atoms with Gasteiger partial charge in [-0.3, -0.25) is 4.79 Å². The lowest BCUT2D eigenvalue weighted by atomic mass is 9.87. The Morgan fingerprint density at radius 3 is 2.74 bits per heavy atom. The lowest BCUT2D eigenvalue weighted by Crippen LogP contribution is -2.38. The minimum Gasteiger partial charge on any atom is -0.489 e. The molecule has 1 aromatic rings. The lowest BCUT2D eigenvalue weighted by Gasteiger charge is -2.33. The Morgan fingerprint density at radius 2 is 1.96 bits per heavy atom. The van der Waals surface area contributed by atoms with Crippen LogP contribution in [0.3, 0.4) is 0 Å². The number of aliphatic hydroxyl groups is 1. The van der Waals surface area contributed by atoms with E-state index in [2.05, 4.69) is 13.2 Å². The van der Waals surface area contributed by atoms with Crippen LogP contribution < -0.4 is 9.47 Å². The smallest absolute Gasteiger partial charge is 0.220 e. The van der Waals surface area contributed by atoms with Crippen molar-refractivity contribution in [2.24, 2.45) is 0 Å². The van der Waals surface area contributed by atoms with E-state index in [0.717, 1.165) is 22.3 Å². The molecule has 5 heteroatoms. The largest absolute Gasteiger partial charge is 0.489 e. The van der Waals surface area contributed by atoms with E-state index in [4.69, 9.17) is 14.2 Å². The van der Waals surface area contributed by atoms with Gasteiger partial charge in [0.05, 0.1) is 0 Å². The summed E-state index contributed by atoms with van der Waals surface area (Å²) in [6, 6.07) is 5.51. The maximum absolute atomic E-state index is 12.3. The highest BCUT2D eigenvalue weighted by Gasteiger charge is 2.47. The minimum atomic E-state index is -1.16. The van der Waals surface area contributed by atoms with Crippen LogP contribution in [-0.2, 0) is 9.53 Å². The molecule has 0 saturated heterocycles. The second-order valence-electron chi connectivity index (χ2n) is 6.69. The number of allylic oxidation sites excluding steroid dienone is 3. The molecule has 0 radical (unpaired) electrons. The Hall–Kier alpha value is -3.05. The lowest BCUT2D eigenvalue weighted by molar-refractivity contribution is -0.114. The Bertz CT molecular complexity index is 934. The van der Waals surface area contributed by atoms with Crippen LogP contribution in [0.1, 0.15) is 12.0 Å². The SMILES string of the molecule is C=CCOC1=CC2=C3c4ccc(OCC=C)cc4OCC3(O)CC2=CC1=O. The van der Waals surface area contributed by atoms with E-state index < -0.39 is 5.60 Å². The van der Waals surface area contributed by atoms with Gasteiger partial charge in [-0.25, -0.2) is 0 Å². The molecule has 0 saturated carbocycles. The van der Waals surface area contributed by atoms with Gasteiger partial charge in [-0.15, -0.1) is 0 Å². The zero-order valence-electron chi connectivity index (χ0n) is 14.9. The summed E-state index contributed by atoms with van der Waals surface area (Å²) in [5.74, 6) is 1.36. The Labute approximate surface area is 157 Å². The van der Waals surface area contributed by atoms with Crippen molar-refractivity contribution in [1.82, 2.24) is 0 Å². The van der Waals surface area contributed by atoms with Gasteiger partial charge in [0.2, 0.25) is 5.78 Å². The van der Waals surface area contributed by atoms with Crippen molar-refractivity contribution in [2.75, 3.05) is 19.8 Å². The first-order valence-electron chi connectivity index (χ1n) is 8.74. The number of hydrogen-bond acceptors (Lipinski definition) is 5. The van der Waals surface area contributed by atoms with Crippen molar-refractivity contribution in [3.8, 4) is 11.5 Å². The van der Waals surface area contributed by atoms with E-state index in [-0.39, 0.29) is 24.8 Å². The fraction of sp³-hybridized carbons (Fsp3) is 0.227. The first-order chi connectivity index (χ1) is 13.1. The summed E-state index contributed by atoms with van der Waals surface area (Å²) in [6.45, 7) is 8.01. The Morgan fingerprint density at radius 1 is 1.19 bits per heavy atom. The maximum atomic E-state index is 12.3. The third kappa shape index (κ3) is 2.90. The fourth-order valence-corrected chi connectivity index (χ4v) is 3.69. The summed E-state index contributed by atoms with van der Waals surface area (Å²) in [7, 11) is 0. The highest BCUT2D eigenvalue weighted by molar-refractivity contribution is 6.07. The molecular formula is C22H20O5. The summed E-state index contributed by atoms with van der Waals surface area (Å²) >= 11 is 0. The van der Waals surface area contributed by atoms with Crippen LogP contribution in [0.25, 0.3) is 5.57 Å². The van der Waals surface area contributed by atoms with Gasteiger partial charge in [-0.05, 0) is 35.4 Å². The summed E-state index contributed by atoms with van der Waals surface area (Å²) < 4.78 is 16.9. The molecule has 2 aliphatic carbocycles. The average Bonchev–Trinajstić information content (AvgIpc) is 2.95. The molecule has 4 rings (SSSR count). The predicted octanol–water partition coefficient (Wildman–Crippen LogP) is 3.13. The molecule has 138 valence electrons. The summed E-state index contributed by atoms with van der Waals surface area (Å²) in [4.78, 5) is 12.3. The number of hydrogen-bond donors (Lipinski definition) is 1. The van der Waals surface area contributed by atoms with E-state index in [1.165, 1.54) is 6.08 Å². The van der Waals surface area contributed by atoms with Crippen LogP contribution in [0.5, 0.6) is 11.5 Å². The van der Waals surface area contributed by atoms with Gasteiger partial charge in [0, 0.05) is 23.6 Å². The van der Waals surface area contributed by atoms with E-state index in [9.17, 15) is 9.90 Å². The van der Waals surface area contributed by atoms with E-state index in [1.54, 1.807) is 24.3 Å². The molecule has 27 heavy (non-hydrogen) atoms. The molecule has 0 spiro atoms. The van der Waals surface area contributed by atoms with Crippen LogP contribution in [-0.4, -0.2) is 36.3 Å².